The van der Waals surface area contributed by atoms with Gasteiger partial charge in [-0.05, 0) is 151 Å². The van der Waals surface area contributed by atoms with Gasteiger partial charge in [-0.25, -0.2) is 4.79 Å². The van der Waals surface area contributed by atoms with Crippen LogP contribution in [0.4, 0.5) is 0 Å². The molecule has 0 spiro atoms. The molecule has 58 heavy (non-hydrogen) atoms. The van der Waals surface area contributed by atoms with Gasteiger partial charge in [0.1, 0.15) is 0 Å². The molecule has 1 unspecified atom stereocenters. The molecule has 9 heteroatoms. The minimum atomic E-state index is -0.910. The maximum absolute atomic E-state index is 14.3. The van der Waals surface area contributed by atoms with Gasteiger partial charge in [0.25, 0.3) is 5.91 Å². The van der Waals surface area contributed by atoms with E-state index in [0.717, 1.165) is 49.7 Å². The number of hydrogen-bond acceptors (Lipinski definition) is 5. The summed E-state index contributed by atoms with van der Waals surface area (Å²) in [6.45, 7) is 17.6. The van der Waals surface area contributed by atoms with Crippen LogP contribution in [0.25, 0.3) is 5.57 Å². The van der Waals surface area contributed by atoms with Gasteiger partial charge in [-0.1, -0.05) is 83.8 Å². The molecule has 2 aromatic carbocycles. The maximum Gasteiger partial charge on any atom is 0.335 e. The molecule has 0 radical (unpaired) electrons. The lowest BCUT2D eigenvalue weighted by atomic mass is 9.33. The van der Waals surface area contributed by atoms with Crippen molar-refractivity contribution in [1.82, 2.24) is 15.1 Å². The third kappa shape index (κ3) is 6.98. The number of aromatic carboxylic acids is 1. The van der Waals surface area contributed by atoms with E-state index in [4.69, 9.17) is 11.6 Å². The van der Waals surface area contributed by atoms with Gasteiger partial charge >= 0.3 is 5.97 Å². The minimum absolute atomic E-state index is 0.0344. The summed E-state index contributed by atoms with van der Waals surface area (Å²) >= 11 is 6.14. The average molecular weight is 811 g/mol. The number of rotatable bonds is 10. The first-order valence-corrected chi connectivity index (χ1v) is 21.9. The van der Waals surface area contributed by atoms with Crippen LogP contribution in [-0.2, 0) is 9.59 Å². The molecule has 0 heterocycles. The van der Waals surface area contributed by atoms with E-state index in [2.05, 4.69) is 59.9 Å². The van der Waals surface area contributed by atoms with E-state index < -0.39 is 5.97 Å². The Bertz CT molecular complexity index is 2030. The summed E-state index contributed by atoms with van der Waals surface area (Å²) in [5.74, 6) is 0.155. The van der Waals surface area contributed by atoms with Gasteiger partial charge in [0.15, 0.2) is 5.78 Å². The lowest BCUT2D eigenvalue weighted by Gasteiger charge is -2.71. The van der Waals surface area contributed by atoms with Crippen LogP contribution in [0.2, 0.25) is 5.02 Å². The van der Waals surface area contributed by atoms with Gasteiger partial charge in [-0.3, -0.25) is 14.4 Å². The Balaban J connectivity index is 1.21. The molecule has 3 fully saturated rings. The van der Waals surface area contributed by atoms with Crippen molar-refractivity contribution in [2.24, 2.45) is 51.2 Å². The smallest absolute Gasteiger partial charge is 0.335 e. The molecule has 2 aromatic rings. The molecule has 2 amide bonds. The quantitative estimate of drug-likeness (QED) is 0.248. The highest BCUT2D eigenvalue weighted by Crippen LogP contribution is 2.75. The fourth-order valence-electron chi connectivity index (χ4n) is 13.5. The van der Waals surface area contributed by atoms with Gasteiger partial charge in [0, 0.05) is 42.1 Å². The molecule has 2 N–H and O–H groups in total. The number of benzene rings is 2. The van der Waals surface area contributed by atoms with Gasteiger partial charge in [0.05, 0.1) is 12.1 Å². The predicted octanol–water partition coefficient (Wildman–Crippen LogP) is 9.44. The fourth-order valence-corrected chi connectivity index (χ4v) is 13.6. The number of amides is 2. The summed E-state index contributed by atoms with van der Waals surface area (Å²) in [6.07, 6.45) is 8.94. The van der Waals surface area contributed by atoms with Crippen LogP contribution in [-0.4, -0.2) is 78.2 Å². The van der Waals surface area contributed by atoms with Crippen LogP contribution in [0, 0.1) is 51.2 Å². The van der Waals surface area contributed by atoms with Crippen molar-refractivity contribution >= 4 is 40.7 Å². The molecule has 3 saturated carbocycles. The predicted molar refractivity (Wildman–Crippen MR) is 230 cm³/mol. The molecule has 8 nitrogen and oxygen atoms in total. The van der Waals surface area contributed by atoms with E-state index in [-0.39, 0.29) is 69.6 Å². The van der Waals surface area contributed by atoms with Crippen molar-refractivity contribution in [2.75, 3.05) is 33.7 Å². The number of ketones is 1. The molecular weight excluding hydrogens is 746 g/mol. The Morgan fingerprint density at radius 1 is 0.879 bits per heavy atom. The third-order valence-corrected chi connectivity index (χ3v) is 16.5. The number of likely N-dealkylation sites (N-methyl/N-ethyl adjacent to an activating group) is 1. The molecule has 8 atom stereocenters. The third-order valence-electron chi connectivity index (χ3n) is 16.3. The number of allylic oxidation sites excluding steroid dienone is 3. The molecule has 5 aliphatic carbocycles. The first-order chi connectivity index (χ1) is 27.2. The molecule has 312 valence electrons. The van der Waals surface area contributed by atoms with Crippen LogP contribution in [0.3, 0.4) is 0 Å². The number of carboxylic acid groups (broad SMARTS) is 1. The molecule has 0 saturated heterocycles. The Morgan fingerprint density at radius 3 is 2.16 bits per heavy atom. The van der Waals surface area contributed by atoms with Crippen LogP contribution in [0.5, 0.6) is 0 Å². The van der Waals surface area contributed by atoms with Crippen LogP contribution in [0.1, 0.15) is 120 Å². The Morgan fingerprint density at radius 2 is 1.53 bits per heavy atom. The molecule has 7 rings (SSSR count). The number of halogens is 1. The molecule has 0 aliphatic heterocycles. The SMILES string of the molecule is CC(C)C1=C2C(CC1=O)[C@@H](NC(=O)CN(CCN(C)C)C(=O)c1ccc(Cl)cc1)C[C@]1(C)[C@@H]2CC[C@@H]2[C@@]3(C)CC=C(c4ccc(C(=O)O)cc4)C(C)(C)[C@@H]3CC[C@]21C. The van der Waals surface area contributed by atoms with E-state index >= 15 is 0 Å². The maximum atomic E-state index is 14.3. The summed E-state index contributed by atoms with van der Waals surface area (Å²) in [5.41, 5.74) is 5.24. The fraction of sp³-hybridized carbons (Fsp3) is 0.592. The second-order valence-electron chi connectivity index (χ2n) is 20.2. The Hall–Kier alpha value is -3.75. The van der Waals surface area contributed by atoms with Crippen molar-refractivity contribution in [1.29, 1.82) is 0 Å². The molecule has 5 aliphatic rings. The van der Waals surface area contributed by atoms with E-state index in [9.17, 15) is 24.3 Å². The number of carbonyl (C=O) groups is 4. The van der Waals surface area contributed by atoms with Gasteiger partial charge < -0.3 is 20.2 Å². The van der Waals surface area contributed by atoms with Crippen molar-refractivity contribution in [3.05, 3.63) is 87.5 Å². The zero-order valence-electron chi connectivity index (χ0n) is 36.1. The van der Waals surface area contributed by atoms with E-state index in [0.29, 0.717) is 47.5 Å². The van der Waals surface area contributed by atoms with Crippen molar-refractivity contribution in [3.63, 3.8) is 0 Å². The topological polar surface area (TPSA) is 107 Å². The summed E-state index contributed by atoms with van der Waals surface area (Å²) < 4.78 is 0. The van der Waals surface area contributed by atoms with Crippen molar-refractivity contribution in [2.45, 2.75) is 99.5 Å². The highest BCUT2D eigenvalue weighted by molar-refractivity contribution is 6.30. The van der Waals surface area contributed by atoms with Crippen LogP contribution < -0.4 is 5.32 Å². The molecule has 0 aromatic heterocycles. The van der Waals surface area contributed by atoms with Crippen LogP contribution >= 0.6 is 11.6 Å². The summed E-state index contributed by atoms with van der Waals surface area (Å²) in [7, 11) is 3.91. The van der Waals surface area contributed by atoms with Gasteiger partial charge in [-0.2, -0.15) is 0 Å². The summed E-state index contributed by atoms with van der Waals surface area (Å²) in [6, 6.07) is 14.0. The summed E-state index contributed by atoms with van der Waals surface area (Å²) in [4.78, 5) is 57.4. The average Bonchev–Trinajstić information content (AvgIpc) is 3.50. The lowest BCUT2D eigenvalue weighted by Crippen LogP contribution is -2.66. The number of hydrogen-bond donors (Lipinski definition) is 2. The Labute approximate surface area is 350 Å². The van der Waals surface area contributed by atoms with Gasteiger partial charge in [-0.15, -0.1) is 0 Å². The number of nitrogens with one attached hydrogen (secondary N) is 1. The zero-order chi connectivity index (χ0) is 42.1. The van der Waals surface area contributed by atoms with Crippen molar-refractivity contribution in [3.8, 4) is 0 Å². The standard InChI is InChI=1S/C49H64ClN3O5/c1-29(2)42-38(54)26-34-37(51-41(55)28-53(25-24-52(8)9)44(56)31-14-16-33(50)17-15-31)27-49(7)36(43(34)42)18-19-40-47(5)22-20-35(30-10-12-32(13-11-30)45(57)58)46(3,4)39(47)21-23-48(40,49)6/h10-17,20,29,34,36-37,39-40H,18-19,21-28H2,1-9H3,(H,51,55)(H,57,58)/t34?,36-,37+,39+,40-,47+,48-,49-/m1/s1. The largest absolute Gasteiger partial charge is 0.478 e. The molecule has 0 bridgehead atoms. The first kappa shape index (κ1) is 42.4. The summed E-state index contributed by atoms with van der Waals surface area (Å²) in [5, 5.41) is 13.6. The molecular formula is C49H64ClN3O5. The van der Waals surface area contributed by atoms with E-state index in [1.165, 1.54) is 11.1 Å². The number of fused-ring (bicyclic) bond motifs is 7. The number of Topliss-reactive ketones (excluding diaryl/α,β-unsaturated/α-hetero) is 1. The number of nitrogens with zero attached hydrogens (tertiary/aromatic N) is 2. The zero-order valence-corrected chi connectivity index (χ0v) is 36.8. The number of carbonyl (C=O) groups excluding carboxylic acids is 3. The first-order valence-electron chi connectivity index (χ1n) is 21.5. The highest BCUT2D eigenvalue weighted by Gasteiger charge is 2.69. The number of carboxylic acids is 1. The second kappa shape index (κ2) is 15.4. The van der Waals surface area contributed by atoms with Crippen molar-refractivity contribution < 1.29 is 24.3 Å². The Kier molecular flexibility index (Phi) is 11.2. The lowest BCUT2D eigenvalue weighted by molar-refractivity contribution is -0.195. The van der Waals surface area contributed by atoms with E-state index in [1.54, 1.807) is 41.3 Å². The monoisotopic (exact) mass is 809 g/mol. The van der Waals surface area contributed by atoms with E-state index in [1.807, 2.05) is 31.1 Å². The normalized spacial score (nSPS) is 32.5. The minimum Gasteiger partial charge on any atom is -0.478 e. The highest BCUT2D eigenvalue weighted by atomic mass is 35.5. The van der Waals surface area contributed by atoms with Gasteiger partial charge in [0.2, 0.25) is 5.91 Å². The second-order valence-corrected chi connectivity index (χ2v) is 20.6. The van der Waals surface area contributed by atoms with Crippen LogP contribution in [0.15, 0.2) is 65.8 Å².